The Morgan fingerprint density at radius 2 is 0.981 bits per heavy atom. The van der Waals surface area contributed by atoms with Gasteiger partial charge in [-0.3, -0.25) is 9.97 Å². The predicted molar refractivity (Wildman–Crippen MR) is 227 cm³/mol. The number of fused-ring (bicyclic) bond motifs is 4. The fourth-order valence-electron chi connectivity index (χ4n) is 6.58. The molecule has 0 spiro atoms. The molecule has 2 nitrogen and oxygen atoms in total. The van der Waals surface area contributed by atoms with Crippen LogP contribution in [0.1, 0.15) is 50.7 Å². The Balaban J connectivity index is 0.000000175. The maximum atomic E-state index is 4.93. The topological polar surface area (TPSA) is 25.8 Å². The Labute approximate surface area is 330 Å². The number of aromatic nitrogens is 2. The number of aryl methyl sites for hydroxylation is 2. The minimum atomic E-state index is -0.826. The molecule has 262 valence electrons. The summed E-state index contributed by atoms with van der Waals surface area (Å²) in [5.74, 6) is 0. The molecule has 0 N–H and O–H groups in total. The van der Waals surface area contributed by atoms with Crippen molar-refractivity contribution < 1.29 is 20.8 Å². The fraction of sp³-hybridized carbons (Fsp3) is 0.217. The van der Waals surface area contributed by atoms with E-state index in [2.05, 4.69) is 146 Å². The van der Waals surface area contributed by atoms with Gasteiger partial charge in [0.15, 0.2) is 0 Å². The summed E-state index contributed by atoms with van der Waals surface area (Å²) in [7, 11) is 11.0. The first-order valence-electron chi connectivity index (χ1n) is 18.1. The van der Waals surface area contributed by atoms with Crippen molar-refractivity contribution in [2.75, 3.05) is 0 Å². The Kier molecular flexibility index (Phi) is 15.9. The van der Waals surface area contributed by atoms with E-state index in [0.29, 0.717) is 0 Å². The first-order valence-corrected chi connectivity index (χ1v) is 26.5. The van der Waals surface area contributed by atoms with E-state index in [9.17, 15) is 0 Å². The van der Waals surface area contributed by atoms with Crippen LogP contribution in [0.2, 0.25) is 13.1 Å². The van der Waals surface area contributed by atoms with Crippen LogP contribution in [-0.2, 0) is 33.7 Å². The zero-order valence-corrected chi connectivity index (χ0v) is 35.6. The molecule has 0 bridgehead atoms. The number of hydrogen-bond acceptors (Lipinski definition) is 2. The van der Waals surface area contributed by atoms with E-state index < -0.39 is 20.8 Å². The van der Waals surface area contributed by atoms with Crippen molar-refractivity contribution in [2.45, 2.75) is 65.5 Å². The second-order valence-corrected chi connectivity index (χ2v) is 17.7. The average Bonchev–Trinajstić information content (AvgIpc) is 3.81. The van der Waals surface area contributed by atoms with Gasteiger partial charge >= 0.3 is 37.9 Å². The summed E-state index contributed by atoms with van der Waals surface area (Å²) in [5, 5.41) is 7.74. The number of pyridine rings is 2. The predicted octanol–water partition coefficient (Wildman–Crippen LogP) is 14.4. The monoisotopic (exact) mass is 814 g/mol. The zero-order valence-electron chi connectivity index (χ0n) is 30.6. The molecule has 0 unspecified atom stereocenters. The molecule has 6 aromatic carbocycles. The Hall–Kier alpha value is -3.40. The Morgan fingerprint density at radius 3 is 1.38 bits per heavy atom. The molecular weight excluding hydrogens is 771 g/mol. The molecule has 0 aliphatic rings. The van der Waals surface area contributed by atoms with Crippen molar-refractivity contribution >= 4 is 69.9 Å². The van der Waals surface area contributed by atoms with Gasteiger partial charge in [-0.25, -0.2) is 0 Å². The van der Waals surface area contributed by atoms with E-state index in [1.807, 2.05) is 24.5 Å². The summed E-state index contributed by atoms with van der Waals surface area (Å²) in [5.41, 5.74) is 9.95. The molecule has 2 aromatic heterocycles. The van der Waals surface area contributed by atoms with E-state index >= 15 is 0 Å². The zero-order chi connectivity index (χ0) is 36.7. The number of benzene rings is 4. The van der Waals surface area contributed by atoms with Gasteiger partial charge in [0.25, 0.3) is 0 Å². The van der Waals surface area contributed by atoms with Crippen molar-refractivity contribution in [1.82, 2.24) is 9.97 Å². The summed E-state index contributed by atoms with van der Waals surface area (Å²) >= 11 is -0.826. The summed E-state index contributed by atoms with van der Waals surface area (Å²) in [6.45, 7) is 8.80. The van der Waals surface area contributed by atoms with E-state index in [0.717, 1.165) is 20.6 Å². The van der Waals surface area contributed by atoms with Crippen LogP contribution in [0.25, 0.3) is 65.6 Å². The number of rotatable bonds is 8. The molecule has 2 radical (unpaired) electrons. The van der Waals surface area contributed by atoms with E-state index in [1.165, 1.54) is 104 Å². The maximum absolute atomic E-state index is 4.93. The first kappa shape index (κ1) is 39.8. The van der Waals surface area contributed by atoms with Gasteiger partial charge in [0, 0.05) is 32.7 Å². The van der Waals surface area contributed by atoms with Crippen LogP contribution in [0.15, 0.2) is 134 Å². The third-order valence-corrected chi connectivity index (χ3v) is 9.06. The van der Waals surface area contributed by atoms with Crippen LogP contribution in [0.5, 0.6) is 0 Å². The molecule has 6 heteroatoms. The van der Waals surface area contributed by atoms with Crippen LogP contribution in [0, 0.1) is 0 Å². The van der Waals surface area contributed by atoms with Crippen LogP contribution in [-0.4, -0.2) is 19.5 Å². The second-order valence-electron chi connectivity index (χ2n) is 13.0. The molecular formula is C46H46Cl2N2SiZr. The number of halogens is 2. The third-order valence-electron chi connectivity index (χ3n) is 9.06. The van der Waals surface area contributed by atoms with Gasteiger partial charge in [-0.05, 0) is 48.2 Å². The number of nitrogens with zero attached hydrogens (tertiary/aromatic N) is 2. The summed E-state index contributed by atoms with van der Waals surface area (Å²) < 4.78 is 0. The third kappa shape index (κ3) is 10.4. The van der Waals surface area contributed by atoms with Crippen molar-refractivity contribution in [1.29, 1.82) is 0 Å². The number of unbranched alkanes of at least 4 members (excludes halogenated alkanes) is 2. The van der Waals surface area contributed by atoms with Gasteiger partial charge in [-0.15, -0.1) is 69.1 Å². The molecule has 8 aromatic rings. The normalized spacial score (nSPS) is 10.6. The number of hydrogen-bond donors (Lipinski definition) is 0. The second kappa shape index (κ2) is 20.7. The Bertz CT molecular complexity index is 2140. The molecule has 0 fully saturated rings. The molecule has 0 aliphatic carbocycles. The first-order chi connectivity index (χ1) is 25.5. The minimum absolute atomic E-state index is 0.826. The van der Waals surface area contributed by atoms with Crippen LogP contribution < -0.4 is 0 Å². The molecule has 2 heterocycles. The van der Waals surface area contributed by atoms with Crippen molar-refractivity contribution in [3.05, 3.63) is 145 Å². The van der Waals surface area contributed by atoms with Gasteiger partial charge in [0.1, 0.15) is 0 Å². The van der Waals surface area contributed by atoms with Crippen LogP contribution in [0.4, 0.5) is 0 Å². The molecule has 0 amide bonds. The van der Waals surface area contributed by atoms with Crippen molar-refractivity contribution in [2.24, 2.45) is 0 Å². The van der Waals surface area contributed by atoms with Crippen LogP contribution >= 0.6 is 17.0 Å². The molecule has 8 rings (SSSR count). The van der Waals surface area contributed by atoms with Crippen molar-refractivity contribution in [3.8, 4) is 22.3 Å². The van der Waals surface area contributed by atoms with Gasteiger partial charge in [-0.2, -0.15) is 12.1 Å². The summed E-state index contributed by atoms with van der Waals surface area (Å²) in [4.78, 5) is 9.24. The van der Waals surface area contributed by atoms with E-state index in [-0.39, 0.29) is 0 Å². The van der Waals surface area contributed by atoms with Crippen LogP contribution in [0.3, 0.4) is 0 Å². The molecule has 52 heavy (non-hydrogen) atoms. The molecule has 0 saturated carbocycles. The van der Waals surface area contributed by atoms with E-state index in [1.54, 1.807) is 0 Å². The summed E-state index contributed by atoms with van der Waals surface area (Å²) in [6, 6.07) is 43.6. The number of para-hydroxylation sites is 2. The molecule has 0 saturated heterocycles. The SMILES string of the molecule is CCCCc1cc2c(-c3cnc4ccccc4c3)cccc2[cH-]1.CCCCc1cc2c(-c3cnc4ccccc4c3)cccc2[cH-]1.C[Si]C.[Cl][Zr+2][Cl]. The van der Waals surface area contributed by atoms with Crippen molar-refractivity contribution in [3.63, 3.8) is 0 Å². The Morgan fingerprint density at radius 1 is 0.577 bits per heavy atom. The van der Waals surface area contributed by atoms with Gasteiger partial charge in [-0.1, -0.05) is 112 Å². The standard InChI is InChI=1S/2C22H20N.C2H6Si.2ClH.Zr/c2*1-2-3-7-16-12-17-9-6-10-20(21(17)13-16)19-14-18-8-4-5-11-22(18)23-15-19;1-3-2;;;/h2*4-6,8-15H,2-3,7H2,1H3;1-2H3;2*1H;/q2*-1;;;;+4/p-2. The van der Waals surface area contributed by atoms with Gasteiger partial charge < -0.3 is 0 Å². The quantitative estimate of drug-likeness (QED) is 0.113. The summed E-state index contributed by atoms with van der Waals surface area (Å²) in [6.07, 6.45) is 11.3. The fourth-order valence-corrected chi connectivity index (χ4v) is 6.58. The van der Waals surface area contributed by atoms with Gasteiger partial charge in [0.05, 0.1) is 11.0 Å². The molecule has 0 aliphatic heterocycles. The van der Waals surface area contributed by atoms with Gasteiger partial charge in [0.2, 0.25) is 0 Å². The molecule has 0 atom stereocenters. The van der Waals surface area contributed by atoms with E-state index in [4.69, 9.17) is 17.0 Å². The average molecular weight is 817 g/mol.